The van der Waals surface area contributed by atoms with E-state index in [1.807, 2.05) is 0 Å². The molecule has 2 rings (SSSR count). The van der Waals surface area contributed by atoms with Gasteiger partial charge in [0.05, 0.1) is 13.2 Å². The smallest absolute Gasteiger partial charge is 0.225 e. The van der Waals surface area contributed by atoms with E-state index in [1.165, 1.54) is 0 Å². The second kappa shape index (κ2) is 5.03. The minimum Gasteiger partial charge on any atom is -0.378 e. The van der Waals surface area contributed by atoms with Crippen LogP contribution in [0.15, 0.2) is 12.4 Å². The Labute approximate surface area is 94.5 Å². The molecular weight excluding hydrogens is 206 g/mol. The normalized spacial score (nSPS) is 16.2. The molecule has 0 bridgehead atoms. The number of ether oxygens (including phenoxy) is 1. The molecule has 1 aliphatic rings. The third-order valence-electron chi connectivity index (χ3n) is 2.44. The Bertz CT molecular complexity index is 358. The van der Waals surface area contributed by atoms with Crippen molar-refractivity contribution in [1.82, 2.24) is 9.97 Å². The highest BCUT2D eigenvalue weighted by Gasteiger charge is 2.13. The lowest BCUT2D eigenvalue weighted by Crippen LogP contribution is -2.37. The van der Waals surface area contributed by atoms with Gasteiger partial charge in [0.2, 0.25) is 5.95 Å². The third kappa shape index (κ3) is 2.76. The van der Waals surface area contributed by atoms with E-state index in [0.717, 1.165) is 37.8 Å². The molecule has 0 spiro atoms. The second-order valence-electron chi connectivity index (χ2n) is 3.87. The maximum absolute atomic E-state index is 10.9. The fourth-order valence-corrected chi connectivity index (χ4v) is 1.65. The summed E-state index contributed by atoms with van der Waals surface area (Å²) in [5.74, 6) is 0.846. The van der Waals surface area contributed by atoms with Gasteiger partial charge in [-0.3, -0.25) is 4.79 Å². The van der Waals surface area contributed by atoms with Gasteiger partial charge in [-0.25, -0.2) is 9.97 Å². The Morgan fingerprint density at radius 1 is 1.38 bits per heavy atom. The van der Waals surface area contributed by atoms with Crippen molar-refractivity contribution in [1.29, 1.82) is 0 Å². The molecule has 86 valence electrons. The van der Waals surface area contributed by atoms with Crippen molar-refractivity contribution >= 4 is 11.7 Å². The Morgan fingerprint density at radius 3 is 2.56 bits per heavy atom. The Hall–Kier alpha value is -1.49. The van der Waals surface area contributed by atoms with E-state index in [0.29, 0.717) is 6.42 Å². The van der Waals surface area contributed by atoms with Crippen LogP contribution in [0.3, 0.4) is 0 Å². The molecule has 0 saturated carbocycles. The lowest BCUT2D eigenvalue weighted by molar-refractivity contribution is -0.116. The van der Waals surface area contributed by atoms with Gasteiger partial charge in [0.15, 0.2) is 0 Å². The van der Waals surface area contributed by atoms with Crippen molar-refractivity contribution in [2.75, 3.05) is 31.2 Å². The van der Waals surface area contributed by atoms with Gasteiger partial charge in [0.25, 0.3) is 0 Å². The minimum absolute atomic E-state index is 0.128. The zero-order valence-electron chi connectivity index (χ0n) is 9.35. The molecule has 1 aromatic rings. The first-order valence-electron chi connectivity index (χ1n) is 5.39. The zero-order chi connectivity index (χ0) is 11.4. The quantitative estimate of drug-likeness (QED) is 0.741. The summed E-state index contributed by atoms with van der Waals surface area (Å²) in [5, 5.41) is 0. The fraction of sp³-hybridized carbons (Fsp3) is 0.545. The number of carbonyl (C=O) groups excluding carboxylic acids is 1. The molecule has 0 unspecified atom stereocenters. The maximum atomic E-state index is 10.9. The number of carbonyl (C=O) groups is 1. The molecule has 2 heterocycles. The molecule has 5 heteroatoms. The molecule has 16 heavy (non-hydrogen) atoms. The molecule has 0 amide bonds. The average Bonchev–Trinajstić information content (AvgIpc) is 2.30. The molecule has 5 nitrogen and oxygen atoms in total. The average molecular weight is 221 g/mol. The highest BCUT2D eigenvalue weighted by Crippen LogP contribution is 2.09. The van der Waals surface area contributed by atoms with Crippen LogP contribution in [0.1, 0.15) is 12.5 Å². The first-order valence-corrected chi connectivity index (χ1v) is 5.39. The fourth-order valence-electron chi connectivity index (χ4n) is 1.65. The van der Waals surface area contributed by atoms with Gasteiger partial charge >= 0.3 is 0 Å². The van der Waals surface area contributed by atoms with Crippen LogP contribution in [0.2, 0.25) is 0 Å². The Morgan fingerprint density at radius 2 is 2.00 bits per heavy atom. The molecular formula is C11H15N3O2. The van der Waals surface area contributed by atoms with E-state index >= 15 is 0 Å². The second-order valence-corrected chi connectivity index (χ2v) is 3.87. The molecule has 1 fully saturated rings. The molecule has 0 N–H and O–H groups in total. The highest BCUT2D eigenvalue weighted by atomic mass is 16.5. The number of morpholine rings is 1. The summed E-state index contributed by atoms with van der Waals surface area (Å²) in [7, 11) is 0. The summed E-state index contributed by atoms with van der Waals surface area (Å²) < 4.78 is 5.26. The predicted molar refractivity (Wildman–Crippen MR) is 59.4 cm³/mol. The maximum Gasteiger partial charge on any atom is 0.225 e. The lowest BCUT2D eigenvalue weighted by atomic mass is 10.2. The van der Waals surface area contributed by atoms with Crippen LogP contribution in [0.4, 0.5) is 5.95 Å². The van der Waals surface area contributed by atoms with Crippen LogP contribution in [0, 0.1) is 0 Å². The van der Waals surface area contributed by atoms with Gasteiger partial charge in [-0.2, -0.15) is 0 Å². The van der Waals surface area contributed by atoms with Gasteiger partial charge in [-0.1, -0.05) is 0 Å². The molecule has 0 aromatic carbocycles. The molecule has 1 aromatic heterocycles. The van der Waals surface area contributed by atoms with E-state index in [-0.39, 0.29) is 5.78 Å². The van der Waals surface area contributed by atoms with Crippen LogP contribution < -0.4 is 4.90 Å². The number of aromatic nitrogens is 2. The molecule has 0 aliphatic carbocycles. The summed E-state index contributed by atoms with van der Waals surface area (Å²) in [6.07, 6.45) is 3.85. The van der Waals surface area contributed by atoms with Gasteiger partial charge in [-0.15, -0.1) is 0 Å². The summed E-state index contributed by atoms with van der Waals surface area (Å²) in [4.78, 5) is 21.5. The van der Waals surface area contributed by atoms with Crippen molar-refractivity contribution in [3.05, 3.63) is 18.0 Å². The standard InChI is InChI=1S/C11H15N3O2/c1-9(15)6-10-7-12-11(13-8-10)14-2-4-16-5-3-14/h7-8H,2-6H2,1H3. The number of anilines is 1. The lowest BCUT2D eigenvalue weighted by Gasteiger charge is -2.26. The first-order chi connectivity index (χ1) is 7.75. The van der Waals surface area contributed by atoms with Crippen LogP contribution in [-0.4, -0.2) is 42.1 Å². The topological polar surface area (TPSA) is 55.3 Å². The first kappa shape index (κ1) is 11.0. The van der Waals surface area contributed by atoms with Crippen LogP contribution >= 0.6 is 0 Å². The van der Waals surface area contributed by atoms with E-state index in [9.17, 15) is 4.79 Å². The number of hydrogen-bond acceptors (Lipinski definition) is 5. The van der Waals surface area contributed by atoms with Crippen molar-refractivity contribution in [2.24, 2.45) is 0 Å². The third-order valence-corrected chi connectivity index (χ3v) is 2.44. The molecule has 0 atom stereocenters. The van der Waals surface area contributed by atoms with Crippen LogP contribution in [-0.2, 0) is 16.0 Å². The van der Waals surface area contributed by atoms with Crippen molar-refractivity contribution in [2.45, 2.75) is 13.3 Å². The van der Waals surface area contributed by atoms with Crippen molar-refractivity contribution in [3.63, 3.8) is 0 Å². The van der Waals surface area contributed by atoms with Gasteiger partial charge in [0.1, 0.15) is 5.78 Å². The predicted octanol–water partition coefficient (Wildman–Crippen LogP) is 0.445. The van der Waals surface area contributed by atoms with Gasteiger partial charge < -0.3 is 9.64 Å². The number of Topliss-reactive ketones (excluding diaryl/α,β-unsaturated/α-hetero) is 1. The summed E-state index contributed by atoms with van der Waals surface area (Å²) in [5.41, 5.74) is 0.865. The van der Waals surface area contributed by atoms with E-state index in [4.69, 9.17) is 4.74 Å². The SMILES string of the molecule is CC(=O)Cc1cnc(N2CCOCC2)nc1. The van der Waals surface area contributed by atoms with Gasteiger partial charge in [-0.05, 0) is 12.5 Å². The van der Waals surface area contributed by atoms with E-state index in [2.05, 4.69) is 14.9 Å². The summed E-state index contributed by atoms with van der Waals surface area (Å²) in [6.45, 7) is 4.66. The number of nitrogens with zero attached hydrogens (tertiary/aromatic N) is 3. The van der Waals surface area contributed by atoms with Crippen LogP contribution in [0.25, 0.3) is 0 Å². The number of rotatable bonds is 3. The van der Waals surface area contributed by atoms with E-state index < -0.39 is 0 Å². The highest BCUT2D eigenvalue weighted by molar-refractivity contribution is 5.77. The van der Waals surface area contributed by atoms with Crippen molar-refractivity contribution in [3.8, 4) is 0 Å². The minimum atomic E-state index is 0.128. The summed E-state index contributed by atoms with van der Waals surface area (Å²) in [6, 6.07) is 0. The van der Waals surface area contributed by atoms with Crippen LogP contribution in [0.5, 0.6) is 0 Å². The Kier molecular flexibility index (Phi) is 3.46. The van der Waals surface area contributed by atoms with Crippen molar-refractivity contribution < 1.29 is 9.53 Å². The Balaban J connectivity index is 2.03. The summed E-state index contributed by atoms with van der Waals surface area (Å²) >= 11 is 0. The van der Waals surface area contributed by atoms with Gasteiger partial charge in [0, 0.05) is 31.9 Å². The monoisotopic (exact) mass is 221 g/mol. The zero-order valence-corrected chi connectivity index (χ0v) is 9.35. The number of ketones is 1. The number of hydrogen-bond donors (Lipinski definition) is 0. The molecule has 1 aliphatic heterocycles. The molecule has 1 saturated heterocycles. The largest absolute Gasteiger partial charge is 0.378 e. The molecule has 0 radical (unpaired) electrons. The van der Waals surface area contributed by atoms with E-state index in [1.54, 1.807) is 19.3 Å².